The number of fused-ring (bicyclic) bond motifs is 1. The van der Waals surface area contributed by atoms with Gasteiger partial charge in [-0.15, -0.1) is 11.3 Å². The third kappa shape index (κ3) is 4.85. The Bertz CT molecular complexity index is 785. The first kappa shape index (κ1) is 21.5. The number of rotatable bonds is 9. The minimum Gasteiger partial charge on any atom is -0.495 e. The zero-order valence-corrected chi connectivity index (χ0v) is 18.2. The van der Waals surface area contributed by atoms with Crippen molar-refractivity contribution < 1.29 is 22.7 Å². The molecule has 1 aliphatic heterocycles. The predicted octanol–water partition coefficient (Wildman–Crippen LogP) is 0.569. The second-order valence-corrected chi connectivity index (χ2v) is 10.2. The van der Waals surface area contributed by atoms with E-state index in [-0.39, 0.29) is 18.3 Å². The number of hydrogen-bond acceptors (Lipinski definition) is 7. The lowest BCUT2D eigenvalue weighted by atomic mass is 10.2. The molecule has 2 aliphatic rings. The van der Waals surface area contributed by atoms with Crippen molar-refractivity contribution in [2.24, 2.45) is 0 Å². The number of carbonyl (C=O) groups is 1. The highest BCUT2D eigenvalue weighted by Gasteiger charge is 2.28. The van der Waals surface area contributed by atoms with Gasteiger partial charge in [-0.25, -0.2) is 8.42 Å². The van der Waals surface area contributed by atoms with Gasteiger partial charge in [0.2, 0.25) is 10.0 Å². The van der Waals surface area contributed by atoms with Crippen molar-refractivity contribution in [2.75, 3.05) is 65.8 Å². The summed E-state index contributed by atoms with van der Waals surface area (Å²) >= 11 is 1.54. The van der Waals surface area contributed by atoms with Gasteiger partial charge < -0.3 is 14.8 Å². The molecule has 28 heavy (non-hydrogen) atoms. The lowest BCUT2D eigenvalue weighted by Crippen LogP contribution is -2.50. The predicted molar refractivity (Wildman–Crippen MR) is 109 cm³/mol. The smallest absolute Gasteiger partial charge is 0.265 e. The number of aryl methyl sites for hydroxylation is 1. The van der Waals surface area contributed by atoms with Crippen molar-refractivity contribution in [1.29, 1.82) is 0 Å². The van der Waals surface area contributed by atoms with Crippen molar-refractivity contribution in [3.05, 3.63) is 15.3 Å². The summed E-state index contributed by atoms with van der Waals surface area (Å²) in [6.07, 6.45) is 3.15. The summed E-state index contributed by atoms with van der Waals surface area (Å²) < 4.78 is 36.3. The van der Waals surface area contributed by atoms with E-state index in [0.717, 1.165) is 25.0 Å². The standard InChI is InChI=1S/C18H29N3O5S2/c1-25-12-13-28(23,24)21-10-8-20(9-11-21)7-6-19-18(22)17-16(26-2)14-4-3-5-15(14)27-17/h3-13H2,1-2H3,(H,19,22). The fourth-order valence-electron chi connectivity index (χ4n) is 3.70. The van der Waals surface area contributed by atoms with Gasteiger partial charge in [0.25, 0.3) is 5.91 Å². The van der Waals surface area contributed by atoms with E-state index in [1.165, 1.54) is 21.9 Å². The molecule has 1 aromatic rings. The number of nitrogens with one attached hydrogen (secondary N) is 1. The third-order valence-corrected chi connectivity index (χ3v) is 8.37. The van der Waals surface area contributed by atoms with Crippen molar-refractivity contribution in [1.82, 2.24) is 14.5 Å². The number of nitrogens with zero attached hydrogens (tertiary/aromatic N) is 2. The van der Waals surface area contributed by atoms with Gasteiger partial charge in [-0.05, 0) is 19.3 Å². The molecule has 158 valence electrons. The lowest BCUT2D eigenvalue weighted by Gasteiger charge is -2.33. The van der Waals surface area contributed by atoms with E-state index >= 15 is 0 Å². The van der Waals surface area contributed by atoms with E-state index in [9.17, 15) is 13.2 Å². The molecule has 1 saturated heterocycles. The third-order valence-electron chi connectivity index (χ3n) is 5.27. The Morgan fingerprint density at radius 2 is 1.93 bits per heavy atom. The van der Waals surface area contributed by atoms with Gasteiger partial charge in [-0.2, -0.15) is 4.31 Å². The molecule has 1 aromatic heterocycles. The summed E-state index contributed by atoms with van der Waals surface area (Å²) in [5, 5.41) is 2.98. The van der Waals surface area contributed by atoms with Crippen LogP contribution in [-0.4, -0.2) is 89.4 Å². The van der Waals surface area contributed by atoms with Crippen molar-refractivity contribution in [3.8, 4) is 5.75 Å². The van der Waals surface area contributed by atoms with Crippen LogP contribution < -0.4 is 10.1 Å². The van der Waals surface area contributed by atoms with Crippen LogP contribution in [0.5, 0.6) is 5.75 Å². The van der Waals surface area contributed by atoms with Crippen molar-refractivity contribution in [2.45, 2.75) is 19.3 Å². The Labute approximate surface area is 170 Å². The Morgan fingerprint density at radius 3 is 2.61 bits per heavy atom. The molecule has 0 aromatic carbocycles. The zero-order valence-electron chi connectivity index (χ0n) is 16.5. The lowest BCUT2D eigenvalue weighted by molar-refractivity contribution is 0.0946. The first-order valence-corrected chi connectivity index (χ1v) is 12.0. The van der Waals surface area contributed by atoms with Crippen LogP contribution in [0.1, 0.15) is 26.5 Å². The van der Waals surface area contributed by atoms with E-state index in [0.29, 0.717) is 44.1 Å². The van der Waals surface area contributed by atoms with Crippen LogP contribution in [-0.2, 0) is 27.6 Å². The van der Waals surface area contributed by atoms with Crippen LogP contribution in [0.3, 0.4) is 0 Å². The summed E-state index contributed by atoms with van der Waals surface area (Å²) in [6, 6.07) is 0. The molecule has 10 heteroatoms. The molecule has 1 aliphatic carbocycles. The molecule has 0 spiro atoms. The van der Waals surface area contributed by atoms with Gasteiger partial charge in [0.1, 0.15) is 10.6 Å². The molecule has 0 unspecified atom stereocenters. The molecule has 2 heterocycles. The van der Waals surface area contributed by atoms with Crippen LogP contribution >= 0.6 is 11.3 Å². The van der Waals surface area contributed by atoms with Gasteiger partial charge in [0, 0.05) is 56.8 Å². The number of carbonyl (C=O) groups excluding carboxylic acids is 1. The molecule has 0 atom stereocenters. The molecule has 1 N–H and O–H groups in total. The van der Waals surface area contributed by atoms with E-state index in [2.05, 4.69) is 10.2 Å². The average molecular weight is 432 g/mol. The normalized spacial score (nSPS) is 18.2. The molecular formula is C18H29N3O5S2. The van der Waals surface area contributed by atoms with E-state index in [1.54, 1.807) is 18.4 Å². The fourth-order valence-corrected chi connectivity index (χ4v) is 6.33. The number of amides is 1. The second-order valence-electron chi connectivity index (χ2n) is 7.03. The van der Waals surface area contributed by atoms with Crippen molar-refractivity contribution >= 4 is 27.3 Å². The number of piperazine rings is 1. The SMILES string of the molecule is COCCS(=O)(=O)N1CCN(CCNC(=O)c2sc3c(c2OC)CCC3)CC1. The van der Waals surface area contributed by atoms with Crippen LogP contribution in [0.4, 0.5) is 0 Å². The first-order valence-electron chi connectivity index (χ1n) is 9.62. The highest BCUT2D eigenvalue weighted by atomic mass is 32.2. The van der Waals surface area contributed by atoms with Crippen LogP contribution in [0, 0.1) is 0 Å². The maximum atomic E-state index is 12.6. The van der Waals surface area contributed by atoms with Crippen LogP contribution in [0.15, 0.2) is 0 Å². The van der Waals surface area contributed by atoms with Gasteiger partial charge in [0.05, 0.1) is 19.5 Å². The summed E-state index contributed by atoms with van der Waals surface area (Å²) in [5.74, 6) is 0.675. The van der Waals surface area contributed by atoms with Gasteiger partial charge in [-0.3, -0.25) is 9.69 Å². The molecule has 8 nitrogen and oxygen atoms in total. The molecule has 0 saturated carbocycles. The quantitative estimate of drug-likeness (QED) is 0.615. The molecule has 0 bridgehead atoms. The van der Waals surface area contributed by atoms with Gasteiger partial charge >= 0.3 is 0 Å². The monoisotopic (exact) mass is 431 g/mol. The summed E-state index contributed by atoms with van der Waals surface area (Å²) in [7, 11) is -0.122. The minimum atomic E-state index is -3.25. The maximum absolute atomic E-state index is 12.6. The fraction of sp³-hybridized carbons (Fsp3) is 0.722. The Balaban J connectivity index is 1.44. The zero-order chi connectivity index (χ0) is 20.1. The second kappa shape index (κ2) is 9.53. The number of methoxy groups -OCH3 is 2. The summed E-state index contributed by atoms with van der Waals surface area (Å²) in [4.78, 5) is 16.7. The van der Waals surface area contributed by atoms with Gasteiger partial charge in [0.15, 0.2) is 0 Å². The largest absolute Gasteiger partial charge is 0.495 e. The molecule has 3 rings (SSSR count). The topological polar surface area (TPSA) is 88.2 Å². The van der Waals surface area contributed by atoms with E-state index < -0.39 is 10.0 Å². The first-order chi connectivity index (χ1) is 13.5. The molecule has 0 radical (unpaired) electrons. The minimum absolute atomic E-state index is 0.0200. The summed E-state index contributed by atoms with van der Waals surface area (Å²) in [6.45, 7) is 3.73. The Hall–Kier alpha value is -1.20. The van der Waals surface area contributed by atoms with Crippen molar-refractivity contribution in [3.63, 3.8) is 0 Å². The maximum Gasteiger partial charge on any atom is 0.265 e. The van der Waals surface area contributed by atoms with Crippen LogP contribution in [0.2, 0.25) is 0 Å². The molecule has 1 amide bonds. The molecular weight excluding hydrogens is 402 g/mol. The Kier molecular flexibility index (Phi) is 7.32. The van der Waals surface area contributed by atoms with Crippen LogP contribution in [0.25, 0.3) is 0 Å². The number of thiophene rings is 1. The van der Waals surface area contributed by atoms with E-state index in [1.807, 2.05) is 0 Å². The average Bonchev–Trinajstić information content (AvgIpc) is 3.27. The van der Waals surface area contributed by atoms with E-state index in [4.69, 9.17) is 9.47 Å². The Morgan fingerprint density at radius 1 is 1.18 bits per heavy atom. The highest BCUT2D eigenvalue weighted by molar-refractivity contribution is 7.89. The number of sulfonamides is 1. The number of ether oxygens (including phenoxy) is 2. The number of hydrogen-bond donors (Lipinski definition) is 1. The van der Waals surface area contributed by atoms with Gasteiger partial charge in [-0.1, -0.05) is 0 Å². The highest BCUT2D eigenvalue weighted by Crippen LogP contribution is 2.40. The molecule has 1 fully saturated rings. The summed E-state index contributed by atoms with van der Waals surface area (Å²) in [5.41, 5.74) is 1.20.